The Kier molecular flexibility index (Phi) is 5.59. The molecule has 1 aliphatic heterocycles. The second kappa shape index (κ2) is 8.26. The Morgan fingerprint density at radius 1 is 1.07 bits per heavy atom. The predicted octanol–water partition coefficient (Wildman–Crippen LogP) is 0.441. The van der Waals surface area contributed by atoms with Crippen LogP contribution in [0, 0.1) is 0 Å². The van der Waals surface area contributed by atoms with Gasteiger partial charge in [0, 0.05) is 5.56 Å². The fraction of sp³-hybridized carbons (Fsp3) is 0.150. The molecule has 2 aromatic rings. The molecule has 8 heteroatoms. The lowest BCUT2D eigenvalue weighted by Gasteiger charge is -2.17. The minimum Gasteiger partial charge on any atom is -0.548 e. The molecular formula is C20H17N2O6-. The zero-order valence-corrected chi connectivity index (χ0v) is 14.9. The number of aliphatic carboxylic acids is 1. The van der Waals surface area contributed by atoms with Gasteiger partial charge in [-0.15, -0.1) is 0 Å². The van der Waals surface area contributed by atoms with Gasteiger partial charge in [0.2, 0.25) is 6.79 Å². The zero-order chi connectivity index (χ0) is 20.1. The van der Waals surface area contributed by atoms with Gasteiger partial charge < -0.3 is 30.0 Å². The Balaban J connectivity index is 1.88. The van der Waals surface area contributed by atoms with Gasteiger partial charge in [0.1, 0.15) is 5.70 Å². The quantitative estimate of drug-likeness (QED) is 0.702. The average Bonchev–Trinajstić information content (AvgIpc) is 3.15. The lowest BCUT2D eigenvalue weighted by Crippen LogP contribution is -2.48. The average molecular weight is 381 g/mol. The van der Waals surface area contributed by atoms with Gasteiger partial charge in [0.05, 0.1) is 12.0 Å². The first-order chi connectivity index (χ1) is 13.4. The third-order valence-corrected chi connectivity index (χ3v) is 3.94. The third kappa shape index (κ3) is 4.47. The van der Waals surface area contributed by atoms with Crippen molar-refractivity contribution in [2.45, 2.75) is 13.0 Å². The fourth-order valence-electron chi connectivity index (χ4n) is 2.45. The second-order valence-electron chi connectivity index (χ2n) is 6.01. The molecule has 0 bridgehead atoms. The Morgan fingerprint density at radius 3 is 2.50 bits per heavy atom. The van der Waals surface area contributed by atoms with E-state index >= 15 is 0 Å². The van der Waals surface area contributed by atoms with Crippen molar-refractivity contribution in [2.75, 3.05) is 6.79 Å². The Bertz CT molecular complexity index is 939. The molecule has 0 unspecified atom stereocenters. The SMILES string of the molecule is C[C@H](NC(=O)/C(=C/c1ccc2c(c1)OCO2)NC(=O)c1ccccc1)C(=O)[O-]. The normalized spacial score (nSPS) is 13.5. The predicted molar refractivity (Wildman–Crippen MR) is 97.1 cm³/mol. The van der Waals surface area contributed by atoms with Crippen LogP contribution in [0.2, 0.25) is 0 Å². The van der Waals surface area contributed by atoms with Gasteiger partial charge in [0.15, 0.2) is 11.5 Å². The second-order valence-corrected chi connectivity index (χ2v) is 6.01. The molecule has 1 atom stereocenters. The standard InChI is InChI=1S/C20H18N2O6/c1-12(20(25)26)21-19(24)15(22-18(23)14-5-3-2-4-6-14)9-13-7-8-16-17(10-13)28-11-27-16/h2-10,12H,11H2,1H3,(H,21,24)(H,22,23)(H,25,26)/p-1/b15-9-/t12-/m0/s1. The number of ether oxygens (including phenoxy) is 2. The number of carbonyl (C=O) groups is 3. The van der Waals surface area contributed by atoms with Crippen LogP contribution in [0.15, 0.2) is 54.2 Å². The third-order valence-electron chi connectivity index (χ3n) is 3.94. The van der Waals surface area contributed by atoms with Crippen LogP contribution in [0.4, 0.5) is 0 Å². The molecule has 144 valence electrons. The molecule has 0 fully saturated rings. The van der Waals surface area contributed by atoms with Gasteiger partial charge >= 0.3 is 0 Å². The van der Waals surface area contributed by atoms with Crippen molar-refractivity contribution in [3.8, 4) is 11.5 Å². The summed E-state index contributed by atoms with van der Waals surface area (Å²) in [5.74, 6) is -1.64. The number of benzene rings is 2. The summed E-state index contributed by atoms with van der Waals surface area (Å²) >= 11 is 0. The van der Waals surface area contributed by atoms with E-state index in [9.17, 15) is 19.5 Å². The van der Waals surface area contributed by atoms with Crippen LogP contribution in [0.3, 0.4) is 0 Å². The molecule has 1 aliphatic rings. The zero-order valence-electron chi connectivity index (χ0n) is 14.9. The smallest absolute Gasteiger partial charge is 0.268 e. The van der Waals surface area contributed by atoms with Crippen LogP contribution in [0.25, 0.3) is 6.08 Å². The molecular weight excluding hydrogens is 364 g/mol. The number of carbonyl (C=O) groups excluding carboxylic acids is 3. The summed E-state index contributed by atoms with van der Waals surface area (Å²) in [6.45, 7) is 1.37. The maximum absolute atomic E-state index is 12.5. The fourth-order valence-corrected chi connectivity index (χ4v) is 2.45. The van der Waals surface area contributed by atoms with Crippen LogP contribution < -0.4 is 25.2 Å². The maximum Gasteiger partial charge on any atom is 0.268 e. The minimum atomic E-state index is -1.44. The van der Waals surface area contributed by atoms with Crippen LogP contribution in [-0.2, 0) is 9.59 Å². The van der Waals surface area contributed by atoms with Crippen LogP contribution in [-0.4, -0.2) is 30.6 Å². The van der Waals surface area contributed by atoms with E-state index in [1.807, 2.05) is 0 Å². The van der Waals surface area contributed by atoms with Crippen LogP contribution in [0.1, 0.15) is 22.8 Å². The minimum absolute atomic E-state index is 0.101. The van der Waals surface area contributed by atoms with Crippen molar-refractivity contribution >= 4 is 23.9 Å². The Morgan fingerprint density at radius 2 is 1.79 bits per heavy atom. The van der Waals surface area contributed by atoms with E-state index in [1.165, 1.54) is 13.0 Å². The van der Waals surface area contributed by atoms with E-state index in [2.05, 4.69) is 10.6 Å². The highest BCUT2D eigenvalue weighted by atomic mass is 16.7. The summed E-state index contributed by atoms with van der Waals surface area (Å²) in [6.07, 6.45) is 1.42. The molecule has 28 heavy (non-hydrogen) atoms. The highest BCUT2D eigenvalue weighted by molar-refractivity contribution is 6.06. The van der Waals surface area contributed by atoms with E-state index in [1.54, 1.807) is 48.5 Å². The molecule has 2 amide bonds. The molecule has 0 radical (unpaired) electrons. The van der Waals surface area contributed by atoms with Crippen molar-refractivity contribution < 1.29 is 29.0 Å². The van der Waals surface area contributed by atoms with Gasteiger partial charge in [-0.3, -0.25) is 9.59 Å². The van der Waals surface area contributed by atoms with E-state index in [4.69, 9.17) is 9.47 Å². The number of nitrogens with one attached hydrogen (secondary N) is 2. The molecule has 0 spiro atoms. The number of carboxylic acid groups (broad SMARTS) is 1. The Hall–Kier alpha value is -3.81. The number of fused-ring (bicyclic) bond motifs is 1. The van der Waals surface area contributed by atoms with Crippen LogP contribution >= 0.6 is 0 Å². The van der Waals surface area contributed by atoms with Gasteiger partial charge in [0.25, 0.3) is 11.8 Å². The summed E-state index contributed by atoms with van der Waals surface area (Å²) in [4.78, 5) is 35.9. The maximum atomic E-state index is 12.5. The number of hydrogen-bond donors (Lipinski definition) is 2. The highest BCUT2D eigenvalue weighted by Gasteiger charge is 2.18. The monoisotopic (exact) mass is 381 g/mol. The molecule has 3 rings (SSSR count). The molecule has 2 N–H and O–H groups in total. The molecule has 1 heterocycles. The van der Waals surface area contributed by atoms with Crippen molar-refractivity contribution in [2.24, 2.45) is 0 Å². The molecule has 0 saturated carbocycles. The van der Waals surface area contributed by atoms with Gasteiger partial charge in [-0.05, 0) is 42.8 Å². The first-order valence-electron chi connectivity index (χ1n) is 8.43. The summed E-state index contributed by atoms with van der Waals surface area (Å²) in [5.41, 5.74) is 0.782. The summed E-state index contributed by atoms with van der Waals surface area (Å²) in [6, 6.07) is 12.1. The largest absolute Gasteiger partial charge is 0.548 e. The van der Waals surface area contributed by atoms with E-state index in [0.717, 1.165) is 0 Å². The topological polar surface area (TPSA) is 117 Å². The van der Waals surface area contributed by atoms with Crippen LogP contribution in [0.5, 0.6) is 11.5 Å². The Labute approximate surface area is 160 Å². The van der Waals surface area contributed by atoms with E-state index in [-0.39, 0.29) is 12.5 Å². The van der Waals surface area contributed by atoms with Crippen molar-refractivity contribution in [3.63, 3.8) is 0 Å². The van der Waals surface area contributed by atoms with Gasteiger partial charge in [-0.25, -0.2) is 0 Å². The number of rotatable bonds is 6. The lowest BCUT2D eigenvalue weighted by molar-refractivity contribution is -0.307. The van der Waals surface area contributed by atoms with Gasteiger partial charge in [-0.1, -0.05) is 24.3 Å². The van der Waals surface area contributed by atoms with Crippen molar-refractivity contribution in [1.29, 1.82) is 0 Å². The number of hydrogen-bond acceptors (Lipinski definition) is 6. The molecule has 0 saturated heterocycles. The first kappa shape index (κ1) is 19.0. The number of carboxylic acids is 1. The summed E-state index contributed by atoms with van der Waals surface area (Å²) < 4.78 is 10.5. The first-order valence-corrected chi connectivity index (χ1v) is 8.43. The lowest BCUT2D eigenvalue weighted by atomic mass is 10.1. The molecule has 0 aliphatic carbocycles. The van der Waals surface area contributed by atoms with Gasteiger partial charge in [-0.2, -0.15) is 0 Å². The molecule has 0 aromatic heterocycles. The van der Waals surface area contributed by atoms with E-state index < -0.39 is 23.8 Å². The van der Waals surface area contributed by atoms with E-state index in [0.29, 0.717) is 22.6 Å². The summed E-state index contributed by atoms with van der Waals surface area (Å²) in [5, 5.41) is 15.7. The summed E-state index contributed by atoms with van der Waals surface area (Å²) in [7, 11) is 0. The number of amides is 2. The molecule has 8 nitrogen and oxygen atoms in total. The molecule has 2 aromatic carbocycles. The van der Waals surface area contributed by atoms with Crippen molar-refractivity contribution in [1.82, 2.24) is 10.6 Å². The van der Waals surface area contributed by atoms with Crippen molar-refractivity contribution in [3.05, 3.63) is 65.4 Å². The highest BCUT2D eigenvalue weighted by Crippen LogP contribution is 2.33.